The van der Waals surface area contributed by atoms with E-state index in [-0.39, 0.29) is 24.0 Å². The van der Waals surface area contributed by atoms with Crippen molar-refractivity contribution in [2.45, 2.75) is 40.0 Å². The Morgan fingerprint density at radius 3 is 2.88 bits per heavy atom. The van der Waals surface area contributed by atoms with Gasteiger partial charge in [-0.15, -0.1) is 34.2 Å². The third kappa shape index (κ3) is 5.05. The average Bonchev–Trinajstić information content (AvgIpc) is 3.14. The largest absolute Gasteiger partial charge is 0.357 e. The first kappa shape index (κ1) is 19.9. The predicted molar refractivity (Wildman–Crippen MR) is 113 cm³/mol. The Labute approximate surface area is 167 Å². The molecule has 6 nitrogen and oxygen atoms in total. The summed E-state index contributed by atoms with van der Waals surface area (Å²) in [5.74, 6) is 2.06. The minimum absolute atomic E-state index is 0. The molecule has 1 saturated heterocycles. The van der Waals surface area contributed by atoms with Crippen LogP contribution in [-0.2, 0) is 6.42 Å². The number of likely N-dealkylation sites (tertiary alicyclic amines) is 1. The maximum absolute atomic E-state index is 4.81. The molecule has 0 aromatic carbocycles. The van der Waals surface area contributed by atoms with Crippen LogP contribution in [0.25, 0.3) is 5.65 Å². The molecular formula is C18H29IN6. The maximum atomic E-state index is 4.81. The minimum atomic E-state index is 0. The van der Waals surface area contributed by atoms with Gasteiger partial charge in [0.15, 0.2) is 11.6 Å². The number of aryl methyl sites for hydroxylation is 1. The van der Waals surface area contributed by atoms with E-state index in [2.05, 4.69) is 45.6 Å². The number of nitrogens with zero attached hydrogens (tertiary/aromatic N) is 5. The van der Waals surface area contributed by atoms with Crippen LogP contribution in [0, 0.1) is 5.41 Å². The van der Waals surface area contributed by atoms with Gasteiger partial charge < -0.3 is 10.2 Å². The Hall–Kier alpha value is -1.38. The number of aromatic nitrogens is 3. The van der Waals surface area contributed by atoms with E-state index in [1.54, 1.807) is 0 Å². The molecule has 0 amide bonds. The van der Waals surface area contributed by atoms with Crippen LogP contribution in [0.3, 0.4) is 0 Å². The molecule has 3 rings (SSSR count). The Kier molecular flexibility index (Phi) is 7.04. The summed E-state index contributed by atoms with van der Waals surface area (Å²) in [6, 6.07) is 5.97. The Bertz CT molecular complexity index is 708. The zero-order valence-corrected chi connectivity index (χ0v) is 17.7. The molecule has 0 saturated carbocycles. The summed E-state index contributed by atoms with van der Waals surface area (Å²) in [5.41, 5.74) is 1.29. The first-order chi connectivity index (χ1) is 11.6. The number of halogens is 1. The van der Waals surface area contributed by atoms with Crippen molar-refractivity contribution in [2.75, 3.05) is 26.2 Å². The number of guanidine groups is 1. The van der Waals surface area contributed by atoms with Gasteiger partial charge in [-0.25, -0.2) is 0 Å². The van der Waals surface area contributed by atoms with Gasteiger partial charge in [0, 0.05) is 38.8 Å². The molecule has 2 aromatic rings. The van der Waals surface area contributed by atoms with Gasteiger partial charge in [-0.1, -0.05) is 19.9 Å². The van der Waals surface area contributed by atoms with Crippen molar-refractivity contribution in [1.82, 2.24) is 24.8 Å². The fraction of sp³-hybridized carbons (Fsp3) is 0.611. The summed E-state index contributed by atoms with van der Waals surface area (Å²) in [5, 5.41) is 11.9. The standard InChI is InChI=1S/C18H28N6.HI/c1-4-19-17(23-13-10-18(2,3)14-23)20-11-7-9-16-22-21-15-8-5-6-12-24(15)16;/h5-6,8,12H,4,7,9-11,13-14H2,1-3H3,(H,19,20);1H. The quantitative estimate of drug-likeness (QED) is 0.325. The SMILES string of the molecule is CCNC(=NCCCc1nnc2ccccn12)N1CCC(C)(C)C1.I. The lowest BCUT2D eigenvalue weighted by Crippen LogP contribution is -2.40. The van der Waals surface area contributed by atoms with E-state index in [9.17, 15) is 0 Å². The monoisotopic (exact) mass is 456 g/mol. The first-order valence-electron chi connectivity index (χ1n) is 8.91. The molecule has 25 heavy (non-hydrogen) atoms. The van der Waals surface area contributed by atoms with Crippen molar-refractivity contribution in [1.29, 1.82) is 0 Å². The lowest BCUT2D eigenvalue weighted by molar-refractivity contribution is 0.370. The van der Waals surface area contributed by atoms with Gasteiger partial charge in [0.25, 0.3) is 0 Å². The van der Waals surface area contributed by atoms with E-state index >= 15 is 0 Å². The summed E-state index contributed by atoms with van der Waals surface area (Å²) in [6.07, 6.45) is 5.11. The van der Waals surface area contributed by atoms with Crippen molar-refractivity contribution in [3.63, 3.8) is 0 Å². The van der Waals surface area contributed by atoms with Crippen LogP contribution in [-0.4, -0.2) is 51.6 Å². The topological polar surface area (TPSA) is 57.8 Å². The molecule has 0 aliphatic carbocycles. The molecule has 0 unspecified atom stereocenters. The molecule has 1 aliphatic rings. The Balaban J connectivity index is 0.00000225. The summed E-state index contributed by atoms with van der Waals surface area (Å²) in [7, 11) is 0. The van der Waals surface area contributed by atoms with Gasteiger partial charge in [-0.05, 0) is 37.3 Å². The second-order valence-corrected chi connectivity index (χ2v) is 7.22. The van der Waals surface area contributed by atoms with Gasteiger partial charge in [0.2, 0.25) is 0 Å². The average molecular weight is 456 g/mol. The molecule has 0 radical (unpaired) electrons. The second kappa shape index (κ2) is 8.82. The third-order valence-corrected chi connectivity index (χ3v) is 4.52. The Morgan fingerprint density at radius 2 is 2.16 bits per heavy atom. The van der Waals surface area contributed by atoms with Crippen molar-refractivity contribution in [3.8, 4) is 0 Å². The van der Waals surface area contributed by atoms with Gasteiger partial charge in [0.05, 0.1) is 0 Å². The van der Waals surface area contributed by atoms with Crippen molar-refractivity contribution in [3.05, 3.63) is 30.2 Å². The smallest absolute Gasteiger partial charge is 0.193 e. The number of fused-ring (bicyclic) bond motifs is 1. The summed E-state index contributed by atoms with van der Waals surface area (Å²) in [4.78, 5) is 7.20. The highest BCUT2D eigenvalue weighted by Crippen LogP contribution is 2.28. The molecule has 1 aliphatic heterocycles. The highest BCUT2D eigenvalue weighted by molar-refractivity contribution is 14.0. The van der Waals surface area contributed by atoms with Crippen LogP contribution in [0.2, 0.25) is 0 Å². The van der Waals surface area contributed by atoms with E-state index in [1.165, 1.54) is 6.42 Å². The zero-order valence-electron chi connectivity index (χ0n) is 15.4. The molecular weight excluding hydrogens is 427 g/mol. The molecule has 0 bridgehead atoms. The van der Waals surface area contributed by atoms with E-state index < -0.39 is 0 Å². The third-order valence-electron chi connectivity index (χ3n) is 4.52. The number of pyridine rings is 1. The molecule has 0 atom stereocenters. The van der Waals surface area contributed by atoms with Crippen molar-refractivity contribution >= 4 is 35.6 Å². The number of nitrogens with one attached hydrogen (secondary N) is 1. The molecule has 138 valence electrons. The fourth-order valence-electron chi connectivity index (χ4n) is 3.20. The van der Waals surface area contributed by atoms with Crippen LogP contribution in [0.5, 0.6) is 0 Å². The molecule has 7 heteroatoms. The molecule has 1 N–H and O–H groups in total. The van der Waals surface area contributed by atoms with Crippen LogP contribution in [0.4, 0.5) is 0 Å². The van der Waals surface area contributed by atoms with Crippen LogP contribution in [0.1, 0.15) is 39.4 Å². The van der Waals surface area contributed by atoms with Crippen molar-refractivity contribution < 1.29 is 0 Å². The van der Waals surface area contributed by atoms with Gasteiger partial charge in [-0.3, -0.25) is 9.39 Å². The highest BCUT2D eigenvalue weighted by atomic mass is 127. The molecule has 3 heterocycles. The summed E-state index contributed by atoms with van der Waals surface area (Å²) >= 11 is 0. The number of aliphatic imine (C=N–C) groups is 1. The normalized spacial score (nSPS) is 16.9. The second-order valence-electron chi connectivity index (χ2n) is 7.22. The highest BCUT2D eigenvalue weighted by Gasteiger charge is 2.30. The molecule has 1 fully saturated rings. The first-order valence-corrected chi connectivity index (χ1v) is 8.91. The van der Waals surface area contributed by atoms with Crippen molar-refractivity contribution in [2.24, 2.45) is 10.4 Å². The lowest BCUT2D eigenvalue weighted by Gasteiger charge is -2.23. The fourth-order valence-corrected chi connectivity index (χ4v) is 3.20. The van der Waals surface area contributed by atoms with Crippen LogP contribution in [0.15, 0.2) is 29.4 Å². The maximum Gasteiger partial charge on any atom is 0.193 e. The van der Waals surface area contributed by atoms with E-state index in [0.29, 0.717) is 5.41 Å². The lowest BCUT2D eigenvalue weighted by atomic mass is 9.93. The summed E-state index contributed by atoms with van der Waals surface area (Å²) < 4.78 is 2.05. The number of rotatable bonds is 5. The number of hydrogen-bond acceptors (Lipinski definition) is 3. The molecule has 2 aromatic heterocycles. The summed E-state index contributed by atoms with van der Waals surface area (Å²) in [6.45, 7) is 10.7. The van der Waals surface area contributed by atoms with Crippen LogP contribution < -0.4 is 5.32 Å². The van der Waals surface area contributed by atoms with E-state index in [0.717, 1.165) is 56.5 Å². The zero-order chi connectivity index (χ0) is 17.0. The van der Waals surface area contributed by atoms with E-state index in [1.807, 2.05) is 24.4 Å². The number of hydrogen-bond donors (Lipinski definition) is 1. The van der Waals surface area contributed by atoms with E-state index in [4.69, 9.17) is 4.99 Å². The molecule has 0 spiro atoms. The Morgan fingerprint density at radius 1 is 1.32 bits per heavy atom. The van der Waals surface area contributed by atoms with Gasteiger partial charge >= 0.3 is 0 Å². The minimum Gasteiger partial charge on any atom is -0.357 e. The van der Waals surface area contributed by atoms with Crippen LogP contribution >= 0.6 is 24.0 Å². The predicted octanol–water partition coefficient (Wildman–Crippen LogP) is 2.98. The van der Waals surface area contributed by atoms with Gasteiger partial charge in [0.1, 0.15) is 5.82 Å². The van der Waals surface area contributed by atoms with Gasteiger partial charge in [-0.2, -0.15) is 0 Å².